The number of allylic oxidation sites excluding steroid dienone is 1. The van der Waals surface area contributed by atoms with E-state index in [1.54, 1.807) is 35.4 Å². The number of amidine groups is 1. The molecule has 0 bridgehead atoms. The molecule has 1 aliphatic carbocycles. The third-order valence-corrected chi connectivity index (χ3v) is 6.45. The van der Waals surface area contributed by atoms with E-state index in [9.17, 15) is 14.3 Å². The third-order valence-electron chi connectivity index (χ3n) is 6.45. The molecule has 176 valence electrons. The van der Waals surface area contributed by atoms with Crippen LogP contribution in [-0.4, -0.2) is 42.8 Å². The predicted octanol–water partition coefficient (Wildman–Crippen LogP) is 4.48. The molecule has 2 aliphatic heterocycles. The highest BCUT2D eigenvalue weighted by molar-refractivity contribution is 6.05. The zero-order valence-electron chi connectivity index (χ0n) is 18.9. The summed E-state index contributed by atoms with van der Waals surface area (Å²) in [5.74, 6) is -0.347. The second kappa shape index (κ2) is 8.52. The molecule has 1 amide bonds. The van der Waals surface area contributed by atoms with Gasteiger partial charge < -0.3 is 19.9 Å². The molecule has 3 aliphatic rings. The number of nitrogens with zero attached hydrogens (tertiary/aromatic N) is 5. The third kappa shape index (κ3) is 4.11. The molecule has 9 heteroatoms. The van der Waals surface area contributed by atoms with Crippen LogP contribution in [0.25, 0.3) is 5.69 Å². The first kappa shape index (κ1) is 21.3. The van der Waals surface area contributed by atoms with Gasteiger partial charge in [0, 0.05) is 24.7 Å². The lowest BCUT2D eigenvalue weighted by Gasteiger charge is -2.32. The Balaban J connectivity index is 1.26. The number of hydrogen-bond acceptors (Lipinski definition) is 6. The normalized spacial score (nSPS) is 17.0. The van der Waals surface area contributed by atoms with E-state index in [2.05, 4.69) is 30.9 Å². The van der Waals surface area contributed by atoms with Crippen molar-refractivity contribution in [2.45, 2.75) is 38.0 Å². The summed E-state index contributed by atoms with van der Waals surface area (Å²) in [6.45, 7) is 0.839. The average Bonchev–Trinajstić information content (AvgIpc) is 3.61. The van der Waals surface area contributed by atoms with Gasteiger partial charge in [-0.25, -0.2) is 19.4 Å². The molecule has 6 rings (SSSR count). The molecule has 8 nitrogen and oxygen atoms in total. The van der Waals surface area contributed by atoms with E-state index in [4.69, 9.17) is 0 Å². The van der Waals surface area contributed by atoms with Crippen molar-refractivity contribution in [1.82, 2.24) is 19.4 Å². The number of imidazole rings is 1. The number of nitrogens with one attached hydrogen (secondary N) is 1. The van der Waals surface area contributed by atoms with Crippen LogP contribution in [0.1, 0.15) is 59.8 Å². The first-order valence-corrected chi connectivity index (χ1v) is 11.7. The molecule has 0 unspecified atom stereocenters. The summed E-state index contributed by atoms with van der Waals surface area (Å²) >= 11 is 0. The monoisotopic (exact) mass is 470 g/mol. The lowest BCUT2D eigenvalue weighted by atomic mass is 10.1. The van der Waals surface area contributed by atoms with Gasteiger partial charge in [0.15, 0.2) is 5.84 Å². The highest BCUT2D eigenvalue weighted by atomic mass is 19.1. The van der Waals surface area contributed by atoms with Crippen LogP contribution in [0.2, 0.25) is 0 Å². The fourth-order valence-corrected chi connectivity index (χ4v) is 4.46. The molecule has 4 heterocycles. The lowest BCUT2D eigenvalue weighted by molar-refractivity contribution is 0.102. The first-order chi connectivity index (χ1) is 17.1. The lowest BCUT2D eigenvalue weighted by Crippen LogP contribution is -2.36. The Morgan fingerprint density at radius 3 is 2.97 bits per heavy atom. The number of aromatic nitrogens is 3. The zero-order chi connectivity index (χ0) is 23.9. The Labute approximate surface area is 201 Å². The van der Waals surface area contributed by atoms with Gasteiger partial charge in [-0.1, -0.05) is 11.8 Å². The summed E-state index contributed by atoms with van der Waals surface area (Å²) in [6.07, 6.45) is 10.3. The minimum absolute atomic E-state index is 0.203. The van der Waals surface area contributed by atoms with Crippen molar-refractivity contribution in [3.63, 3.8) is 0 Å². The summed E-state index contributed by atoms with van der Waals surface area (Å²) < 4.78 is 16.3. The number of amides is 1. The SMILES string of the molecule is O=C(Nc1cccc(C2=NC=C=C3CCCCN32)n1)c1cc(-n2cnc(C3CC3)c2)c(O)cc1F. The molecule has 1 aromatic carbocycles. The molecule has 2 N–H and O–H groups in total. The molecule has 2 fully saturated rings. The van der Waals surface area contributed by atoms with E-state index in [0.717, 1.165) is 56.1 Å². The fraction of sp³-hybridized carbons (Fsp3) is 0.269. The maximum atomic E-state index is 14.7. The smallest absolute Gasteiger partial charge is 0.259 e. The van der Waals surface area contributed by atoms with Gasteiger partial charge in [0.05, 0.1) is 35.2 Å². The molecule has 3 aromatic rings. The Morgan fingerprint density at radius 2 is 2.11 bits per heavy atom. The average molecular weight is 471 g/mol. The highest BCUT2D eigenvalue weighted by Crippen LogP contribution is 2.39. The van der Waals surface area contributed by atoms with Crippen LogP contribution < -0.4 is 5.32 Å². The highest BCUT2D eigenvalue weighted by Gasteiger charge is 2.27. The molecule has 0 radical (unpaired) electrons. The van der Waals surface area contributed by atoms with E-state index in [0.29, 0.717) is 17.4 Å². The number of phenolic OH excluding ortho intramolecular Hbond substituents is 1. The predicted molar refractivity (Wildman–Crippen MR) is 128 cm³/mol. The van der Waals surface area contributed by atoms with Crippen LogP contribution in [0.5, 0.6) is 5.75 Å². The van der Waals surface area contributed by atoms with Gasteiger partial charge in [0.25, 0.3) is 5.91 Å². The van der Waals surface area contributed by atoms with Crippen LogP contribution in [-0.2, 0) is 0 Å². The van der Waals surface area contributed by atoms with Crippen LogP contribution in [0.15, 0.2) is 65.5 Å². The van der Waals surface area contributed by atoms with Gasteiger partial charge >= 0.3 is 0 Å². The minimum Gasteiger partial charge on any atom is -0.506 e. The topological polar surface area (TPSA) is 95.6 Å². The second-order valence-electron chi connectivity index (χ2n) is 8.94. The van der Waals surface area contributed by atoms with Crippen LogP contribution in [0, 0.1) is 5.82 Å². The number of carbonyl (C=O) groups excluding carboxylic acids is 1. The molecule has 35 heavy (non-hydrogen) atoms. The van der Waals surface area contributed by atoms with E-state index >= 15 is 0 Å². The standard InChI is InChI=1S/C26H23FN6O2/c27-19-13-23(34)22(32-14-21(29-15-32)16-7-8-16)12-18(19)26(35)31-24-6-3-5-20(30-24)25-28-10-9-17-4-1-2-11-33(17)25/h3,5-6,10,12-16,34H,1-2,4,7-8,11H2,(H,30,31,35). The summed E-state index contributed by atoms with van der Waals surface area (Å²) in [5, 5.41) is 13.0. The second-order valence-corrected chi connectivity index (χ2v) is 8.94. The Bertz CT molecular complexity index is 1430. The summed E-state index contributed by atoms with van der Waals surface area (Å²) in [6, 6.07) is 7.51. The quantitative estimate of drug-likeness (QED) is 0.536. The van der Waals surface area contributed by atoms with Gasteiger partial charge in [-0.3, -0.25) is 4.79 Å². The van der Waals surface area contributed by atoms with E-state index < -0.39 is 11.7 Å². The maximum Gasteiger partial charge on any atom is 0.259 e. The van der Waals surface area contributed by atoms with Crippen molar-refractivity contribution in [3.8, 4) is 11.4 Å². The Morgan fingerprint density at radius 1 is 1.23 bits per heavy atom. The van der Waals surface area contributed by atoms with Crippen molar-refractivity contribution < 1.29 is 14.3 Å². The van der Waals surface area contributed by atoms with Crippen LogP contribution in [0.3, 0.4) is 0 Å². The number of pyridine rings is 1. The van der Waals surface area contributed by atoms with Gasteiger partial charge in [-0.05, 0) is 50.3 Å². The number of halogens is 1. The number of phenols is 1. The first-order valence-electron chi connectivity index (χ1n) is 11.7. The molecule has 2 aromatic heterocycles. The van der Waals surface area contributed by atoms with Gasteiger partial charge in [0.1, 0.15) is 23.1 Å². The molecule has 1 saturated carbocycles. The molecule has 0 spiro atoms. The zero-order valence-corrected chi connectivity index (χ0v) is 18.9. The van der Waals surface area contributed by atoms with Crippen molar-refractivity contribution in [1.29, 1.82) is 0 Å². The van der Waals surface area contributed by atoms with Crippen molar-refractivity contribution in [2.24, 2.45) is 4.99 Å². The molecule has 1 saturated heterocycles. The fourth-order valence-electron chi connectivity index (χ4n) is 4.46. The van der Waals surface area contributed by atoms with Gasteiger partial charge in [0.2, 0.25) is 0 Å². The number of benzene rings is 1. The Hall–Kier alpha value is -4.23. The number of carbonyl (C=O) groups is 1. The summed E-state index contributed by atoms with van der Waals surface area (Å²) in [7, 11) is 0. The largest absolute Gasteiger partial charge is 0.506 e. The van der Waals surface area contributed by atoms with Crippen molar-refractivity contribution in [3.05, 3.63) is 83.3 Å². The van der Waals surface area contributed by atoms with Crippen molar-refractivity contribution in [2.75, 3.05) is 11.9 Å². The number of piperidine rings is 1. The van der Waals surface area contributed by atoms with E-state index in [-0.39, 0.29) is 22.8 Å². The Kier molecular flexibility index (Phi) is 5.19. The van der Waals surface area contributed by atoms with E-state index in [1.165, 1.54) is 6.07 Å². The van der Waals surface area contributed by atoms with E-state index in [1.807, 2.05) is 6.07 Å². The number of anilines is 1. The maximum absolute atomic E-state index is 14.7. The summed E-state index contributed by atoms with van der Waals surface area (Å²) in [4.78, 5) is 28.5. The van der Waals surface area contributed by atoms with Gasteiger partial charge in [-0.2, -0.15) is 0 Å². The summed E-state index contributed by atoms with van der Waals surface area (Å²) in [5.41, 5.74) is 5.89. The molecule has 0 atom stereocenters. The minimum atomic E-state index is -0.827. The number of aliphatic imine (C=N–C) groups is 1. The number of aromatic hydroxyl groups is 1. The van der Waals surface area contributed by atoms with Crippen LogP contribution in [0.4, 0.5) is 10.2 Å². The molecular formula is C26H23FN6O2. The number of hydrogen-bond donors (Lipinski definition) is 2. The molecular weight excluding hydrogens is 447 g/mol. The van der Waals surface area contributed by atoms with Crippen LogP contribution >= 0.6 is 0 Å². The van der Waals surface area contributed by atoms with Gasteiger partial charge in [-0.15, -0.1) is 0 Å². The van der Waals surface area contributed by atoms with Crippen molar-refractivity contribution >= 4 is 17.6 Å². The number of fused-ring (bicyclic) bond motifs is 1. The number of rotatable bonds is 5.